The second kappa shape index (κ2) is 9.82. The first-order valence-electron chi connectivity index (χ1n) is 6.00. The molecule has 0 fully saturated rings. The van der Waals surface area contributed by atoms with E-state index in [1.807, 2.05) is 0 Å². The topological polar surface area (TPSA) is 30.5 Å². The lowest BCUT2D eigenvalue weighted by Crippen LogP contribution is -2.32. The highest BCUT2D eigenvalue weighted by atomic mass is 16.5. The summed E-state index contributed by atoms with van der Waals surface area (Å²) in [7, 11) is 3.47. The van der Waals surface area contributed by atoms with E-state index in [4.69, 9.17) is 9.47 Å². The minimum absolute atomic E-state index is 0.182. The quantitative estimate of drug-likeness (QED) is 0.435. The van der Waals surface area contributed by atoms with Crippen LogP contribution in [-0.2, 0) is 9.47 Å². The van der Waals surface area contributed by atoms with Crippen LogP contribution in [0.5, 0.6) is 0 Å². The number of nitrogens with one attached hydrogen (secondary N) is 1. The third kappa shape index (κ3) is 7.85. The highest BCUT2D eigenvalue weighted by Crippen LogP contribution is 2.24. The molecule has 1 unspecified atom stereocenters. The third-order valence-corrected chi connectivity index (χ3v) is 2.85. The van der Waals surface area contributed by atoms with Gasteiger partial charge in [0, 0.05) is 33.9 Å². The first-order valence-corrected chi connectivity index (χ1v) is 6.00. The SMILES string of the molecule is C=CC(C)(CCCCOC)CNCCOC. The molecule has 3 heteroatoms. The molecular weight excluding hydrogens is 202 g/mol. The van der Waals surface area contributed by atoms with Gasteiger partial charge in [-0.3, -0.25) is 0 Å². The van der Waals surface area contributed by atoms with Gasteiger partial charge < -0.3 is 14.8 Å². The van der Waals surface area contributed by atoms with Gasteiger partial charge in [-0.1, -0.05) is 19.4 Å². The van der Waals surface area contributed by atoms with Gasteiger partial charge in [0.2, 0.25) is 0 Å². The van der Waals surface area contributed by atoms with E-state index in [-0.39, 0.29) is 5.41 Å². The molecule has 0 heterocycles. The van der Waals surface area contributed by atoms with E-state index in [1.54, 1.807) is 14.2 Å². The Bertz CT molecular complexity index is 159. The molecular formula is C13H27NO2. The number of unbranched alkanes of at least 4 members (excludes halogenated alkanes) is 1. The van der Waals surface area contributed by atoms with Crippen LogP contribution >= 0.6 is 0 Å². The van der Waals surface area contributed by atoms with Crippen molar-refractivity contribution in [1.29, 1.82) is 0 Å². The van der Waals surface area contributed by atoms with Crippen molar-refractivity contribution in [3.63, 3.8) is 0 Å². The smallest absolute Gasteiger partial charge is 0.0587 e. The van der Waals surface area contributed by atoms with Gasteiger partial charge in [-0.2, -0.15) is 0 Å². The fourth-order valence-corrected chi connectivity index (χ4v) is 1.59. The van der Waals surface area contributed by atoms with Crippen molar-refractivity contribution in [2.45, 2.75) is 26.2 Å². The molecule has 96 valence electrons. The van der Waals surface area contributed by atoms with Crippen LogP contribution in [0.4, 0.5) is 0 Å². The van der Waals surface area contributed by atoms with E-state index in [0.717, 1.165) is 39.1 Å². The fourth-order valence-electron chi connectivity index (χ4n) is 1.59. The second-order valence-electron chi connectivity index (χ2n) is 4.48. The summed E-state index contributed by atoms with van der Waals surface area (Å²) in [6.45, 7) is 9.65. The zero-order valence-corrected chi connectivity index (χ0v) is 11.1. The van der Waals surface area contributed by atoms with Gasteiger partial charge in [0.25, 0.3) is 0 Å². The van der Waals surface area contributed by atoms with Crippen LogP contribution in [0.25, 0.3) is 0 Å². The average Bonchev–Trinajstić information content (AvgIpc) is 2.31. The molecule has 0 radical (unpaired) electrons. The van der Waals surface area contributed by atoms with E-state index in [9.17, 15) is 0 Å². The van der Waals surface area contributed by atoms with E-state index in [0.29, 0.717) is 0 Å². The van der Waals surface area contributed by atoms with Crippen LogP contribution in [0.1, 0.15) is 26.2 Å². The molecule has 0 bridgehead atoms. The van der Waals surface area contributed by atoms with Crippen molar-refractivity contribution in [2.24, 2.45) is 5.41 Å². The Morgan fingerprint density at radius 1 is 1.19 bits per heavy atom. The first-order chi connectivity index (χ1) is 7.68. The van der Waals surface area contributed by atoms with Crippen molar-refractivity contribution in [2.75, 3.05) is 40.5 Å². The van der Waals surface area contributed by atoms with Gasteiger partial charge in [-0.05, 0) is 18.3 Å². The number of rotatable bonds is 11. The van der Waals surface area contributed by atoms with Crippen LogP contribution in [-0.4, -0.2) is 40.5 Å². The van der Waals surface area contributed by atoms with Gasteiger partial charge in [0.05, 0.1) is 6.61 Å². The second-order valence-corrected chi connectivity index (χ2v) is 4.48. The summed E-state index contributed by atoms with van der Waals surface area (Å²) >= 11 is 0. The maximum atomic E-state index is 5.05. The minimum atomic E-state index is 0.182. The summed E-state index contributed by atoms with van der Waals surface area (Å²) in [5, 5.41) is 3.39. The zero-order valence-electron chi connectivity index (χ0n) is 11.1. The van der Waals surface area contributed by atoms with Crippen molar-refractivity contribution in [3.8, 4) is 0 Å². The molecule has 0 aromatic carbocycles. The Hall–Kier alpha value is -0.380. The van der Waals surface area contributed by atoms with Crippen LogP contribution in [0.15, 0.2) is 12.7 Å². The van der Waals surface area contributed by atoms with E-state index < -0.39 is 0 Å². The van der Waals surface area contributed by atoms with Crippen molar-refractivity contribution in [1.82, 2.24) is 5.32 Å². The molecule has 0 aromatic heterocycles. The normalized spacial score (nSPS) is 14.7. The van der Waals surface area contributed by atoms with Crippen molar-refractivity contribution < 1.29 is 9.47 Å². The number of ether oxygens (including phenoxy) is 2. The van der Waals surface area contributed by atoms with E-state index in [1.165, 1.54) is 6.42 Å². The van der Waals surface area contributed by atoms with Gasteiger partial charge >= 0.3 is 0 Å². The molecule has 0 aliphatic carbocycles. The van der Waals surface area contributed by atoms with Gasteiger partial charge in [-0.25, -0.2) is 0 Å². The third-order valence-electron chi connectivity index (χ3n) is 2.85. The van der Waals surface area contributed by atoms with Crippen LogP contribution in [0.2, 0.25) is 0 Å². The van der Waals surface area contributed by atoms with Crippen LogP contribution < -0.4 is 5.32 Å². The molecule has 0 saturated carbocycles. The molecule has 1 N–H and O–H groups in total. The molecule has 0 saturated heterocycles. The summed E-state index contributed by atoms with van der Waals surface area (Å²) in [5.74, 6) is 0. The molecule has 16 heavy (non-hydrogen) atoms. The fraction of sp³-hybridized carbons (Fsp3) is 0.846. The predicted octanol–water partition coefficient (Wildman–Crippen LogP) is 2.23. The number of hydrogen-bond donors (Lipinski definition) is 1. The lowest BCUT2D eigenvalue weighted by molar-refractivity contribution is 0.184. The predicted molar refractivity (Wildman–Crippen MR) is 68.8 cm³/mol. The summed E-state index contributed by atoms with van der Waals surface area (Å²) < 4.78 is 10.0. The Balaban J connectivity index is 3.68. The van der Waals surface area contributed by atoms with Gasteiger partial charge in [0.1, 0.15) is 0 Å². The number of methoxy groups -OCH3 is 2. The van der Waals surface area contributed by atoms with Gasteiger partial charge in [0.15, 0.2) is 0 Å². The highest BCUT2D eigenvalue weighted by Gasteiger charge is 2.18. The maximum absolute atomic E-state index is 5.05. The molecule has 0 aromatic rings. The molecule has 0 amide bonds. The molecule has 1 atom stereocenters. The van der Waals surface area contributed by atoms with E-state index >= 15 is 0 Å². The molecule has 0 rings (SSSR count). The Kier molecular flexibility index (Phi) is 9.59. The average molecular weight is 229 g/mol. The monoisotopic (exact) mass is 229 g/mol. The zero-order chi connectivity index (χ0) is 12.3. The summed E-state index contributed by atoms with van der Waals surface area (Å²) in [4.78, 5) is 0. The Labute approximate surface area is 100 Å². The summed E-state index contributed by atoms with van der Waals surface area (Å²) in [6.07, 6.45) is 5.51. The van der Waals surface area contributed by atoms with E-state index in [2.05, 4.69) is 24.9 Å². The standard InChI is InChI=1S/C13H27NO2/c1-5-13(2,8-6-7-10-15-3)12-14-9-11-16-4/h5,14H,1,6-12H2,2-4H3. The largest absolute Gasteiger partial charge is 0.385 e. The first kappa shape index (κ1) is 15.6. The summed E-state index contributed by atoms with van der Waals surface area (Å²) in [5.41, 5.74) is 0.182. The highest BCUT2D eigenvalue weighted by molar-refractivity contribution is 4.92. The Morgan fingerprint density at radius 3 is 2.44 bits per heavy atom. The maximum Gasteiger partial charge on any atom is 0.0587 e. The van der Waals surface area contributed by atoms with Crippen LogP contribution in [0.3, 0.4) is 0 Å². The molecule has 3 nitrogen and oxygen atoms in total. The molecule has 0 aliphatic heterocycles. The van der Waals surface area contributed by atoms with Crippen molar-refractivity contribution in [3.05, 3.63) is 12.7 Å². The van der Waals surface area contributed by atoms with Crippen molar-refractivity contribution >= 4 is 0 Å². The lowest BCUT2D eigenvalue weighted by atomic mass is 9.85. The van der Waals surface area contributed by atoms with Crippen LogP contribution in [0, 0.1) is 5.41 Å². The number of hydrogen-bond acceptors (Lipinski definition) is 3. The van der Waals surface area contributed by atoms with Gasteiger partial charge in [-0.15, -0.1) is 6.58 Å². The Morgan fingerprint density at radius 2 is 1.88 bits per heavy atom. The minimum Gasteiger partial charge on any atom is -0.385 e. The molecule has 0 spiro atoms. The molecule has 0 aliphatic rings. The summed E-state index contributed by atoms with van der Waals surface area (Å²) in [6, 6.07) is 0. The lowest BCUT2D eigenvalue weighted by Gasteiger charge is -2.26.